The highest BCUT2D eigenvalue weighted by molar-refractivity contribution is 6.04. The van der Waals surface area contributed by atoms with E-state index in [0.29, 0.717) is 5.56 Å². The highest BCUT2D eigenvalue weighted by atomic mass is 19.1. The molecule has 0 atom stereocenters. The molecule has 0 aliphatic rings. The van der Waals surface area contributed by atoms with Crippen LogP contribution >= 0.6 is 0 Å². The molecule has 0 amide bonds. The van der Waals surface area contributed by atoms with Gasteiger partial charge in [0.05, 0.1) is 0 Å². The Morgan fingerprint density at radius 1 is 1.14 bits per heavy atom. The van der Waals surface area contributed by atoms with Crippen LogP contribution in [0.2, 0.25) is 0 Å². The Balaban J connectivity index is 2.04. The Kier molecular flexibility index (Phi) is 4.82. The van der Waals surface area contributed by atoms with E-state index >= 15 is 0 Å². The fraction of sp³-hybridized carbons (Fsp3) is 0.118. The molecule has 2 aromatic carbocycles. The molecule has 2 aromatic rings. The van der Waals surface area contributed by atoms with E-state index in [4.69, 9.17) is 4.74 Å². The minimum atomic E-state index is -0.615. The van der Waals surface area contributed by atoms with Gasteiger partial charge in [0.2, 0.25) is 0 Å². The lowest BCUT2D eigenvalue weighted by Gasteiger charge is -2.07. The lowest BCUT2D eigenvalue weighted by Crippen LogP contribution is -1.99. The predicted molar refractivity (Wildman–Crippen MR) is 76.3 cm³/mol. The Bertz CT molecular complexity index is 661. The zero-order valence-corrected chi connectivity index (χ0v) is 11.5. The SMILES string of the molecule is CC=CC(=O)c1ccc(COc2cc(F)ccc2F)cc1. The number of carbonyl (C=O) groups is 1. The van der Waals surface area contributed by atoms with Gasteiger partial charge < -0.3 is 4.74 Å². The molecule has 0 bridgehead atoms. The smallest absolute Gasteiger partial charge is 0.185 e. The number of allylic oxidation sites excluding steroid dienone is 2. The molecular formula is C17H14F2O2. The summed E-state index contributed by atoms with van der Waals surface area (Å²) in [5.41, 5.74) is 1.32. The largest absolute Gasteiger partial charge is 0.486 e. The summed E-state index contributed by atoms with van der Waals surface area (Å²) < 4.78 is 31.6. The summed E-state index contributed by atoms with van der Waals surface area (Å²) in [5, 5.41) is 0. The van der Waals surface area contributed by atoms with Crippen LogP contribution in [0.5, 0.6) is 5.75 Å². The van der Waals surface area contributed by atoms with Crippen LogP contribution in [0.15, 0.2) is 54.6 Å². The average molecular weight is 288 g/mol. The fourth-order valence-electron chi connectivity index (χ4n) is 1.76. The van der Waals surface area contributed by atoms with Crippen LogP contribution in [-0.4, -0.2) is 5.78 Å². The lowest BCUT2D eigenvalue weighted by atomic mass is 10.1. The predicted octanol–water partition coefficient (Wildman–Crippen LogP) is 4.30. The molecule has 4 heteroatoms. The van der Waals surface area contributed by atoms with Gasteiger partial charge in [-0.15, -0.1) is 0 Å². The second kappa shape index (κ2) is 6.79. The molecule has 0 saturated carbocycles. The van der Waals surface area contributed by atoms with E-state index in [1.807, 2.05) is 0 Å². The third kappa shape index (κ3) is 3.99. The molecule has 0 heterocycles. The fourth-order valence-corrected chi connectivity index (χ4v) is 1.76. The third-order valence-electron chi connectivity index (χ3n) is 2.84. The molecule has 2 rings (SSSR count). The molecular weight excluding hydrogens is 274 g/mol. The van der Waals surface area contributed by atoms with Crippen molar-refractivity contribution in [1.82, 2.24) is 0 Å². The average Bonchev–Trinajstić information content (AvgIpc) is 2.49. The Hall–Kier alpha value is -2.49. The molecule has 0 spiro atoms. The summed E-state index contributed by atoms with van der Waals surface area (Å²) in [6, 6.07) is 9.82. The quantitative estimate of drug-likeness (QED) is 0.605. The van der Waals surface area contributed by atoms with E-state index < -0.39 is 11.6 Å². The molecule has 0 unspecified atom stereocenters. The molecule has 0 N–H and O–H groups in total. The number of hydrogen-bond acceptors (Lipinski definition) is 2. The van der Waals surface area contributed by atoms with Gasteiger partial charge in [0, 0.05) is 11.6 Å². The number of carbonyl (C=O) groups excluding carboxylic acids is 1. The van der Waals surface area contributed by atoms with Crippen LogP contribution in [0.4, 0.5) is 8.78 Å². The zero-order chi connectivity index (χ0) is 15.2. The molecule has 0 aliphatic heterocycles. The van der Waals surface area contributed by atoms with Gasteiger partial charge in [-0.05, 0) is 30.7 Å². The maximum Gasteiger partial charge on any atom is 0.185 e. The van der Waals surface area contributed by atoms with Gasteiger partial charge >= 0.3 is 0 Å². The summed E-state index contributed by atoms with van der Waals surface area (Å²) in [4.78, 5) is 11.6. The van der Waals surface area contributed by atoms with Gasteiger partial charge in [0.25, 0.3) is 0 Å². The molecule has 0 radical (unpaired) electrons. The van der Waals surface area contributed by atoms with Crippen molar-refractivity contribution in [3.8, 4) is 5.75 Å². The van der Waals surface area contributed by atoms with Crippen LogP contribution in [0, 0.1) is 11.6 Å². The number of ketones is 1. The summed E-state index contributed by atoms with van der Waals surface area (Å²) in [5.74, 6) is -1.39. The van der Waals surface area contributed by atoms with Gasteiger partial charge in [-0.25, -0.2) is 8.78 Å². The first-order chi connectivity index (χ1) is 10.1. The van der Waals surface area contributed by atoms with E-state index in [2.05, 4.69) is 0 Å². The highest BCUT2D eigenvalue weighted by Crippen LogP contribution is 2.19. The van der Waals surface area contributed by atoms with Gasteiger partial charge in [-0.1, -0.05) is 30.3 Å². The molecule has 0 fully saturated rings. The van der Waals surface area contributed by atoms with E-state index in [-0.39, 0.29) is 18.1 Å². The van der Waals surface area contributed by atoms with E-state index in [9.17, 15) is 13.6 Å². The minimum absolute atomic E-state index is 0.0823. The van der Waals surface area contributed by atoms with Crippen molar-refractivity contribution in [3.05, 3.63) is 77.4 Å². The monoisotopic (exact) mass is 288 g/mol. The maximum absolute atomic E-state index is 13.4. The van der Waals surface area contributed by atoms with Crippen LogP contribution in [0.1, 0.15) is 22.8 Å². The van der Waals surface area contributed by atoms with Crippen molar-refractivity contribution < 1.29 is 18.3 Å². The second-order valence-corrected chi connectivity index (χ2v) is 4.42. The first-order valence-electron chi connectivity index (χ1n) is 6.44. The lowest BCUT2D eigenvalue weighted by molar-refractivity contribution is 0.104. The van der Waals surface area contributed by atoms with E-state index in [1.54, 1.807) is 37.3 Å². The standard InChI is InChI=1S/C17H14F2O2/c1-2-3-16(20)13-6-4-12(5-7-13)11-21-17-10-14(18)8-9-15(17)19/h2-10H,11H2,1H3. The van der Waals surface area contributed by atoms with Crippen molar-refractivity contribution in [1.29, 1.82) is 0 Å². The first kappa shape index (κ1) is 14.9. The maximum atomic E-state index is 13.4. The van der Waals surface area contributed by atoms with Gasteiger partial charge in [-0.3, -0.25) is 4.79 Å². The normalized spacial score (nSPS) is 10.8. The van der Waals surface area contributed by atoms with Crippen molar-refractivity contribution in [2.45, 2.75) is 13.5 Å². The Morgan fingerprint density at radius 2 is 1.86 bits per heavy atom. The number of halogens is 2. The van der Waals surface area contributed by atoms with Gasteiger partial charge in [0.15, 0.2) is 17.3 Å². The minimum Gasteiger partial charge on any atom is -0.486 e. The Morgan fingerprint density at radius 3 is 2.52 bits per heavy atom. The molecule has 108 valence electrons. The second-order valence-electron chi connectivity index (χ2n) is 4.42. The number of rotatable bonds is 5. The summed E-state index contributed by atoms with van der Waals surface area (Å²) >= 11 is 0. The number of hydrogen-bond donors (Lipinski definition) is 0. The third-order valence-corrected chi connectivity index (χ3v) is 2.84. The molecule has 21 heavy (non-hydrogen) atoms. The number of ether oxygens (including phenoxy) is 1. The van der Waals surface area contributed by atoms with Gasteiger partial charge in [-0.2, -0.15) is 0 Å². The van der Waals surface area contributed by atoms with E-state index in [1.165, 1.54) is 6.08 Å². The molecule has 2 nitrogen and oxygen atoms in total. The summed E-state index contributed by atoms with van der Waals surface area (Å²) in [6.07, 6.45) is 3.15. The number of benzene rings is 2. The van der Waals surface area contributed by atoms with Crippen molar-refractivity contribution in [2.75, 3.05) is 0 Å². The summed E-state index contributed by atoms with van der Waals surface area (Å²) in [6.45, 7) is 1.87. The summed E-state index contributed by atoms with van der Waals surface area (Å²) in [7, 11) is 0. The topological polar surface area (TPSA) is 26.3 Å². The van der Waals surface area contributed by atoms with Crippen LogP contribution in [0.25, 0.3) is 0 Å². The Labute approximate surface area is 121 Å². The van der Waals surface area contributed by atoms with Crippen LogP contribution < -0.4 is 4.74 Å². The highest BCUT2D eigenvalue weighted by Gasteiger charge is 2.06. The van der Waals surface area contributed by atoms with Crippen molar-refractivity contribution in [2.24, 2.45) is 0 Å². The van der Waals surface area contributed by atoms with Crippen LogP contribution in [0.3, 0.4) is 0 Å². The van der Waals surface area contributed by atoms with E-state index in [0.717, 1.165) is 23.8 Å². The van der Waals surface area contributed by atoms with Gasteiger partial charge in [0.1, 0.15) is 12.4 Å². The van der Waals surface area contributed by atoms with Crippen molar-refractivity contribution in [3.63, 3.8) is 0 Å². The molecule has 0 aromatic heterocycles. The molecule has 0 saturated heterocycles. The van der Waals surface area contributed by atoms with Crippen molar-refractivity contribution >= 4 is 5.78 Å². The first-order valence-corrected chi connectivity index (χ1v) is 6.44. The zero-order valence-electron chi connectivity index (χ0n) is 11.5. The van der Waals surface area contributed by atoms with Crippen LogP contribution in [-0.2, 0) is 6.61 Å². The molecule has 0 aliphatic carbocycles.